The van der Waals surface area contributed by atoms with Gasteiger partial charge in [-0.2, -0.15) is 0 Å². The van der Waals surface area contributed by atoms with Crippen molar-refractivity contribution in [2.45, 2.75) is 63.6 Å². The van der Waals surface area contributed by atoms with Gasteiger partial charge < -0.3 is 37.3 Å². The van der Waals surface area contributed by atoms with Crippen LogP contribution in [-0.2, 0) is 14.4 Å². The number of amides is 2. The molecule has 1 heterocycles. The van der Waals surface area contributed by atoms with Crippen molar-refractivity contribution < 1.29 is 24.2 Å². The molecule has 0 aliphatic carbocycles. The van der Waals surface area contributed by atoms with Crippen molar-refractivity contribution in [1.82, 2.24) is 15.6 Å². The number of nitrogens with zero attached hydrogens (tertiary/aromatic N) is 1. The van der Waals surface area contributed by atoms with Gasteiger partial charge in [-0.1, -0.05) is 12.5 Å². The molecule has 1 aromatic carbocycles. The quantitative estimate of drug-likeness (QED) is 0.141. The van der Waals surface area contributed by atoms with Gasteiger partial charge in [0.05, 0.1) is 30.8 Å². The largest absolute Gasteiger partial charge is 0.497 e. The summed E-state index contributed by atoms with van der Waals surface area (Å²) >= 11 is 0. The lowest BCUT2D eigenvalue weighted by Gasteiger charge is -2.19. The number of unbranched alkanes of at least 4 members (excludes halogenated alkanes) is 1. The van der Waals surface area contributed by atoms with Crippen molar-refractivity contribution in [3.8, 4) is 5.75 Å². The molecule has 1 unspecified atom stereocenters. The minimum Gasteiger partial charge on any atom is -0.497 e. The zero-order valence-electron chi connectivity index (χ0n) is 22.2. The van der Waals surface area contributed by atoms with Gasteiger partial charge in [0.25, 0.3) is 0 Å². The Morgan fingerprint density at radius 3 is 2.46 bits per heavy atom. The van der Waals surface area contributed by atoms with E-state index in [1.807, 2.05) is 31.2 Å². The predicted molar refractivity (Wildman–Crippen MR) is 170 cm³/mol. The fourth-order valence-corrected chi connectivity index (χ4v) is 3.74. The molecule has 222 valence electrons. The molecule has 1 aromatic heterocycles. The number of ether oxygens (including phenoxy) is 1. The maximum Gasteiger partial charge on any atom is 0.326 e. The number of hydrogen-bond donors (Lipinski definition) is 6. The number of pyridine rings is 1. The highest BCUT2D eigenvalue weighted by Gasteiger charge is 2.25. The van der Waals surface area contributed by atoms with Crippen LogP contribution < -0.4 is 32.2 Å². The van der Waals surface area contributed by atoms with Crippen molar-refractivity contribution in [1.29, 1.82) is 0 Å². The first-order chi connectivity index (χ1) is 17.2. The lowest BCUT2D eigenvalue weighted by molar-refractivity contribution is -0.143. The second-order valence-electron chi connectivity index (χ2n) is 8.78. The summed E-state index contributed by atoms with van der Waals surface area (Å²) in [5, 5.41) is 18.9. The molecule has 0 aliphatic heterocycles. The van der Waals surface area contributed by atoms with Crippen LogP contribution in [0, 0.1) is 0 Å². The minimum absolute atomic E-state index is 0. The maximum atomic E-state index is 12.3. The normalized spacial score (nSPS) is 12.4. The molecule has 8 N–H and O–H groups in total. The molecule has 0 fully saturated rings. The van der Waals surface area contributed by atoms with E-state index >= 15 is 0 Å². The number of anilines is 1. The third-order valence-corrected chi connectivity index (χ3v) is 5.76. The number of halogens is 3. The average Bonchev–Trinajstić information content (AvgIpc) is 2.86. The molecule has 2 rings (SSSR count). The Morgan fingerprint density at radius 2 is 1.82 bits per heavy atom. The number of nitrogens with two attached hydrogens (primary N) is 2. The molecule has 3 atom stereocenters. The zero-order chi connectivity index (χ0) is 26.5. The predicted octanol–water partition coefficient (Wildman–Crippen LogP) is 3.09. The van der Waals surface area contributed by atoms with E-state index in [9.17, 15) is 19.5 Å². The van der Waals surface area contributed by atoms with Crippen molar-refractivity contribution >= 4 is 85.3 Å². The van der Waals surface area contributed by atoms with Crippen molar-refractivity contribution in [3.05, 3.63) is 30.5 Å². The number of nitrogens with one attached hydrogen (secondary N) is 3. The maximum absolute atomic E-state index is 12.3. The lowest BCUT2D eigenvalue weighted by Crippen LogP contribution is -2.50. The summed E-state index contributed by atoms with van der Waals surface area (Å²) in [5.41, 5.74) is 12.9. The number of carbonyl (C=O) groups is 3. The Morgan fingerprint density at radius 1 is 1.10 bits per heavy atom. The monoisotopic (exact) mass is 742 g/mol. The standard InChI is InChI=1S/C25H38N6O5.3BrH/c1-16(30-20-14-18(36-2)13-17-8-6-12-29-23(17)20)7-5-11-28-22(32)15-21(25(34)35)31-24(33)19(27)9-3-4-10-26;;;/h6,8,12-14,16,19,21,30H,3-5,7,9-11,15,26-27H2,1-2H3,(H,28,32)(H,31,33)(H,34,35);3*1H/t16?,19-,21-;;;/m0.../s1. The number of aliphatic carboxylic acids is 1. The summed E-state index contributed by atoms with van der Waals surface area (Å²) in [6.45, 7) is 2.90. The Kier molecular flexibility index (Phi) is 20.9. The zero-order valence-corrected chi connectivity index (χ0v) is 27.3. The fraction of sp³-hybridized carbons (Fsp3) is 0.520. The van der Waals surface area contributed by atoms with Gasteiger partial charge in [0.2, 0.25) is 11.8 Å². The number of carboxylic acid groups (broad SMARTS) is 1. The Hall–Kier alpha value is -2.00. The molecule has 0 saturated carbocycles. The topological polar surface area (TPSA) is 182 Å². The number of hydrogen-bond acceptors (Lipinski definition) is 8. The molecule has 2 aromatic rings. The van der Waals surface area contributed by atoms with Gasteiger partial charge in [0.1, 0.15) is 11.8 Å². The van der Waals surface area contributed by atoms with Crippen LogP contribution in [0.15, 0.2) is 30.5 Å². The fourth-order valence-electron chi connectivity index (χ4n) is 3.74. The molecule has 0 saturated heterocycles. The summed E-state index contributed by atoms with van der Waals surface area (Å²) in [6.07, 6.45) is 4.59. The van der Waals surface area contributed by atoms with Crippen LogP contribution in [0.2, 0.25) is 0 Å². The van der Waals surface area contributed by atoms with E-state index in [4.69, 9.17) is 16.2 Å². The Bertz CT molecular complexity index is 1030. The molecule has 39 heavy (non-hydrogen) atoms. The summed E-state index contributed by atoms with van der Waals surface area (Å²) < 4.78 is 5.38. The highest BCUT2D eigenvalue weighted by molar-refractivity contribution is 8.93. The van der Waals surface area contributed by atoms with Gasteiger partial charge in [-0.3, -0.25) is 14.6 Å². The van der Waals surface area contributed by atoms with Crippen LogP contribution in [0.3, 0.4) is 0 Å². The highest BCUT2D eigenvalue weighted by atomic mass is 79.9. The van der Waals surface area contributed by atoms with Gasteiger partial charge >= 0.3 is 5.97 Å². The lowest BCUT2D eigenvalue weighted by atomic mass is 10.1. The SMILES string of the molecule is Br.Br.Br.COc1cc(NC(C)CCCNC(=O)C[C@H](NC(=O)[C@@H](N)CCCCN)C(=O)O)c2ncccc2c1. The first-order valence-corrected chi connectivity index (χ1v) is 12.2. The molecular formula is C25H41Br3N6O5. The van der Waals surface area contributed by atoms with Crippen molar-refractivity contribution in [2.75, 3.05) is 25.5 Å². The highest BCUT2D eigenvalue weighted by Crippen LogP contribution is 2.28. The number of rotatable bonds is 16. The van der Waals surface area contributed by atoms with Crippen LogP contribution in [-0.4, -0.2) is 66.2 Å². The third kappa shape index (κ3) is 13.8. The smallest absolute Gasteiger partial charge is 0.326 e. The summed E-state index contributed by atoms with van der Waals surface area (Å²) in [7, 11) is 1.62. The van der Waals surface area contributed by atoms with E-state index in [1.54, 1.807) is 13.3 Å². The van der Waals surface area contributed by atoms with E-state index in [1.165, 1.54) is 0 Å². The van der Waals surface area contributed by atoms with E-state index in [0.717, 1.165) is 35.2 Å². The number of methoxy groups -OCH3 is 1. The second kappa shape index (κ2) is 20.8. The molecule has 0 radical (unpaired) electrons. The average molecular weight is 745 g/mol. The van der Waals surface area contributed by atoms with Crippen LogP contribution in [0.25, 0.3) is 10.9 Å². The minimum atomic E-state index is -1.34. The van der Waals surface area contributed by atoms with Crippen molar-refractivity contribution in [2.24, 2.45) is 11.5 Å². The van der Waals surface area contributed by atoms with E-state index in [0.29, 0.717) is 32.4 Å². The first-order valence-electron chi connectivity index (χ1n) is 12.2. The van der Waals surface area contributed by atoms with Crippen LogP contribution >= 0.6 is 50.9 Å². The van der Waals surface area contributed by atoms with Crippen LogP contribution in [0.5, 0.6) is 5.75 Å². The molecule has 11 nitrogen and oxygen atoms in total. The summed E-state index contributed by atoms with van der Waals surface area (Å²) in [6, 6.07) is 5.58. The summed E-state index contributed by atoms with van der Waals surface area (Å²) in [5.74, 6) is -1.60. The van der Waals surface area contributed by atoms with E-state index in [2.05, 4.69) is 20.9 Å². The molecule has 0 bridgehead atoms. The van der Waals surface area contributed by atoms with Gasteiger partial charge in [-0.05, 0) is 51.3 Å². The van der Waals surface area contributed by atoms with Crippen molar-refractivity contribution in [3.63, 3.8) is 0 Å². The Balaban J connectivity index is 0. The molecular weight excluding hydrogens is 704 g/mol. The van der Waals surface area contributed by atoms with Crippen LogP contribution in [0.4, 0.5) is 5.69 Å². The second-order valence-corrected chi connectivity index (χ2v) is 8.78. The number of fused-ring (bicyclic) bond motifs is 1. The number of aromatic nitrogens is 1. The third-order valence-electron chi connectivity index (χ3n) is 5.76. The molecule has 2 amide bonds. The number of carbonyl (C=O) groups excluding carboxylic acids is 2. The van der Waals surface area contributed by atoms with Gasteiger partial charge in [0.15, 0.2) is 0 Å². The molecule has 0 spiro atoms. The molecule has 14 heteroatoms. The number of benzene rings is 1. The van der Waals surface area contributed by atoms with Gasteiger partial charge in [-0.25, -0.2) is 4.79 Å². The Labute approximate surface area is 260 Å². The van der Waals surface area contributed by atoms with Gasteiger partial charge in [-0.15, -0.1) is 50.9 Å². The van der Waals surface area contributed by atoms with E-state index in [-0.39, 0.29) is 63.4 Å². The van der Waals surface area contributed by atoms with Crippen LogP contribution in [0.1, 0.15) is 45.4 Å². The molecule has 0 aliphatic rings. The first kappa shape index (κ1) is 39.1. The summed E-state index contributed by atoms with van der Waals surface area (Å²) in [4.78, 5) is 40.4. The number of carboxylic acids is 1. The van der Waals surface area contributed by atoms with Gasteiger partial charge in [0, 0.05) is 30.2 Å². The van der Waals surface area contributed by atoms with E-state index < -0.39 is 29.9 Å².